The first-order valence-corrected chi connectivity index (χ1v) is 8.39. The van der Waals surface area contributed by atoms with Crippen LogP contribution in [0.1, 0.15) is 17.0 Å². The highest BCUT2D eigenvalue weighted by molar-refractivity contribution is 5.99. The summed E-state index contributed by atoms with van der Waals surface area (Å²) in [5.74, 6) is -2.51. The molecule has 0 aromatic heterocycles. The number of carbonyl (C=O) groups excluding carboxylic acids is 1. The molecule has 3 N–H and O–H groups in total. The Balaban J connectivity index is 1.86. The van der Waals surface area contributed by atoms with Crippen LogP contribution in [0.15, 0.2) is 48.5 Å². The SMILES string of the molecule is CNC[C@](CO)(C(=O)O)C(=O)OCC1c2ccccc2-c2ccccc21. The van der Waals surface area contributed by atoms with Crippen molar-refractivity contribution in [3.8, 4) is 11.1 Å². The van der Waals surface area contributed by atoms with Gasteiger partial charge in [-0.05, 0) is 29.3 Å². The minimum atomic E-state index is -2.01. The number of aliphatic carboxylic acids is 1. The van der Waals surface area contributed by atoms with Crippen LogP contribution in [-0.2, 0) is 14.3 Å². The van der Waals surface area contributed by atoms with Gasteiger partial charge in [-0.2, -0.15) is 0 Å². The van der Waals surface area contributed by atoms with Gasteiger partial charge >= 0.3 is 11.9 Å². The number of hydrogen-bond donors (Lipinski definition) is 3. The highest BCUT2D eigenvalue weighted by Gasteiger charge is 2.47. The number of hydrogen-bond acceptors (Lipinski definition) is 5. The summed E-state index contributed by atoms with van der Waals surface area (Å²) in [6, 6.07) is 15.8. The molecule has 1 atom stereocenters. The Kier molecular flexibility index (Phi) is 5.06. The van der Waals surface area contributed by atoms with Gasteiger partial charge in [0, 0.05) is 12.5 Å². The average Bonchev–Trinajstić information content (AvgIpc) is 2.98. The second kappa shape index (κ2) is 7.27. The van der Waals surface area contributed by atoms with E-state index < -0.39 is 24.0 Å². The highest BCUT2D eigenvalue weighted by atomic mass is 16.5. The lowest BCUT2D eigenvalue weighted by Gasteiger charge is -2.25. The smallest absolute Gasteiger partial charge is 0.327 e. The van der Waals surface area contributed by atoms with E-state index >= 15 is 0 Å². The van der Waals surface area contributed by atoms with Crippen LogP contribution >= 0.6 is 0 Å². The molecule has 2 aromatic rings. The third-order valence-corrected chi connectivity index (χ3v) is 4.89. The fourth-order valence-electron chi connectivity index (χ4n) is 3.46. The average molecular weight is 355 g/mol. The Hall–Kier alpha value is -2.70. The van der Waals surface area contributed by atoms with Crippen molar-refractivity contribution < 1.29 is 24.5 Å². The summed E-state index contributed by atoms with van der Waals surface area (Å²) >= 11 is 0. The molecule has 0 saturated heterocycles. The number of carboxylic acids is 1. The maximum Gasteiger partial charge on any atom is 0.327 e. The van der Waals surface area contributed by atoms with Crippen molar-refractivity contribution >= 4 is 11.9 Å². The molecule has 0 radical (unpaired) electrons. The van der Waals surface area contributed by atoms with E-state index in [2.05, 4.69) is 5.32 Å². The second-order valence-electron chi connectivity index (χ2n) is 6.40. The topological polar surface area (TPSA) is 95.9 Å². The van der Waals surface area contributed by atoms with E-state index in [1.807, 2.05) is 48.5 Å². The van der Waals surface area contributed by atoms with E-state index in [0.29, 0.717) is 0 Å². The van der Waals surface area contributed by atoms with Crippen molar-refractivity contribution in [2.24, 2.45) is 5.41 Å². The molecule has 0 unspecified atom stereocenters. The van der Waals surface area contributed by atoms with Crippen LogP contribution in [-0.4, -0.2) is 49.0 Å². The Bertz CT molecular complexity index is 789. The molecular formula is C20H21NO5. The van der Waals surface area contributed by atoms with Crippen molar-refractivity contribution in [1.29, 1.82) is 0 Å². The summed E-state index contributed by atoms with van der Waals surface area (Å²) in [5.41, 5.74) is 2.25. The first-order chi connectivity index (χ1) is 12.5. The van der Waals surface area contributed by atoms with Crippen molar-refractivity contribution in [3.05, 3.63) is 59.7 Å². The monoisotopic (exact) mass is 355 g/mol. The van der Waals surface area contributed by atoms with E-state index in [9.17, 15) is 19.8 Å². The van der Waals surface area contributed by atoms with Gasteiger partial charge in [0.15, 0.2) is 5.41 Å². The highest BCUT2D eigenvalue weighted by Crippen LogP contribution is 2.44. The Labute approximate surface area is 151 Å². The van der Waals surface area contributed by atoms with Crippen molar-refractivity contribution in [1.82, 2.24) is 5.32 Å². The summed E-state index contributed by atoms with van der Waals surface area (Å²) in [6.07, 6.45) is 0. The molecule has 0 heterocycles. The maximum absolute atomic E-state index is 12.5. The fourth-order valence-corrected chi connectivity index (χ4v) is 3.46. The summed E-state index contributed by atoms with van der Waals surface area (Å²) in [6.45, 7) is -1.03. The van der Waals surface area contributed by atoms with E-state index in [0.717, 1.165) is 22.3 Å². The number of rotatable bonds is 7. The van der Waals surface area contributed by atoms with Crippen molar-refractivity contribution in [2.45, 2.75) is 5.92 Å². The zero-order chi connectivity index (χ0) is 18.7. The number of benzene rings is 2. The maximum atomic E-state index is 12.5. The first-order valence-electron chi connectivity index (χ1n) is 8.39. The molecule has 0 aliphatic heterocycles. The molecule has 26 heavy (non-hydrogen) atoms. The normalized spacial score (nSPS) is 15.0. The number of aliphatic hydroxyl groups excluding tert-OH is 1. The Morgan fingerprint density at radius 2 is 1.62 bits per heavy atom. The molecule has 0 spiro atoms. The number of fused-ring (bicyclic) bond motifs is 3. The summed E-state index contributed by atoms with van der Waals surface area (Å²) < 4.78 is 5.39. The molecule has 6 nitrogen and oxygen atoms in total. The van der Waals surface area contributed by atoms with E-state index in [1.54, 1.807) is 0 Å². The van der Waals surface area contributed by atoms with Crippen LogP contribution in [0.4, 0.5) is 0 Å². The van der Waals surface area contributed by atoms with E-state index in [1.165, 1.54) is 7.05 Å². The van der Waals surface area contributed by atoms with Gasteiger partial charge < -0.3 is 20.3 Å². The molecule has 136 valence electrons. The lowest BCUT2D eigenvalue weighted by molar-refractivity contribution is -0.171. The first kappa shape index (κ1) is 18.1. The lowest BCUT2D eigenvalue weighted by atomic mass is 9.89. The number of carboxylic acid groups (broad SMARTS) is 1. The number of aliphatic hydroxyl groups is 1. The van der Waals surface area contributed by atoms with Crippen LogP contribution < -0.4 is 5.32 Å². The van der Waals surface area contributed by atoms with E-state index in [4.69, 9.17) is 4.74 Å². The predicted octanol–water partition coefficient (Wildman–Crippen LogP) is 1.62. The molecule has 0 amide bonds. The molecule has 2 aromatic carbocycles. The number of carbonyl (C=O) groups is 2. The predicted molar refractivity (Wildman–Crippen MR) is 95.8 cm³/mol. The van der Waals surface area contributed by atoms with Gasteiger partial charge in [-0.3, -0.25) is 9.59 Å². The summed E-state index contributed by atoms with van der Waals surface area (Å²) in [7, 11) is 1.52. The van der Waals surface area contributed by atoms with Crippen LogP contribution in [0, 0.1) is 5.41 Å². The van der Waals surface area contributed by atoms with E-state index in [-0.39, 0.29) is 19.1 Å². The summed E-state index contributed by atoms with van der Waals surface area (Å²) in [4.78, 5) is 24.1. The van der Waals surface area contributed by atoms with Crippen LogP contribution in [0.5, 0.6) is 0 Å². The molecular weight excluding hydrogens is 334 g/mol. The quantitative estimate of drug-likeness (QED) is 0.516. The van der Waals surface area contributed by atoms with Gasteiger partial charge in [-0.1, -0.05) is 48.5 Å². The molecule has 0 saturated carbocycles. The van der Waals surface area contributed by atoms with Gasteiger partial charge in [0.05, 0.1) is 6.61 Å². The van der Waals surface area contributed by atoms with Crippen LogP contribution in [0.2, 0.25) is 0 Å². The largest absolute Gasteiger partial charge is 0.480 e. The van der Waals surface area contributed by atoms with Gasteiger partial charge in [0.1, 0.15) is 6.61 Å². The standard InChI is InChI=1S/C20H21NO5/c1-21-11-20(12-22,18(23)24)19(25)26-10-17-15-8-4-2-6-13(15)14-7-3-5-9-16(14)17/h2-9,17,21-22H,10-12H2,1H3,(H,23,24)/t20-/m0/s1. The Morgan fingerprint density at radius 1 is 1.08 bits per heavy atom. The zero-order valence-electron chi connectivity index (χ0n) is 14.4. The lowest BCUT2D eigenvalue weighted by Crippen LogP contribution is -2.50. The minimum Gasteiger partial charge on any atom is -0.480 e. The third-order valence-electron chi connectivity index (χ3n) is 4.89. The minimum absolute atomic E-state index is 0.0194. The van der Waals surface area contributed by atoms with Crippen LogP contribution in [0.25, 0.3) is 11.1 Å². The fraction of sp³-hybridized carbons (Fsp3) is 0.300. The van der Waals surface area contributed by atoms with Gasteiger partial charge in [-0.15, -0.1) is 0 Å². The third kappa shape index (κ3) is 2.87. The van der Waals surface area contributed by atoms with Crippen molar-refractivity contribution in [2.75, 3.05) is 26.8 Å². The molecule has 3 rings (SSSR count). The van der Waals surface area contributed by atoms with Gasteiger partial charge in [0.25, 0.3) is 0 Å². The molecule has 0 fully saturated rings. The van der Waals surface area contributed by atoms with Gasteiger partial charge in [0.2, 0.25) is 0 Å². The number of esters is 1. The van der Waals surface area contributed by atoms with Crippen molar-refractivity contribution in [3.63, 3.8) is 0 Å². The molecule has 1 aliphatic carbocycles. The molecule has 0 bridgehead atoms. The second-order valence-corrected chi connectivity index (χ2v) is 6.40. The zero-order valence-corrected chi connectivity index (χ0v) is 14.4. The Morgan fingerprint density at radius 3 is 2.08 bits per heavy atom. The number of nitrogens with one attached hydrogen (secondary N) is 1. The number of ether oxygens (including phenoxy) is 1. The molecule has 6 heteroatoms. The van der Waals surface area contributed by atoms with Crippen LogP contribution in [0.3, 0.4) is 0 Å². The molecule has 1 aliphatic rings. The summed E-state index contributed by atoms with van der Waals surface area (Å²) in [5, 5.41) is 21.6. The van der Waals surface area contributed by atoms with Gasteiger partial charge in [-0.25, -0.2) is 0 Å².